The Morgan fingerprint density at radius 2 is 0.510 bits per heavy atom. The van der Waals surface area contributed by atoms with E-state index in [4.69, 9.17) is 4.74 Å². The van der Waals surface area contributed by atoms with E-state index in [-0.39, 0.29) is 18.5 Å². The number of carbonyl (C=O) groups excluding carboxylic acids is 2. The van der Waals surface area contributed by atoms with Gasteiger partial charge in [0.25, 0.3) is 0 Å². The monoisotopic (exact) mass is 1370 g/mol. The molecule has 0 heterocycles. The number of hydrogen-bond donors (Lipinski definition) is 3. The standard InChI is InChI=1S/C92H175NO5/c1-3-5-7-9-11-13-15-17-19-21-22-23-24-40-43-46-49-53-56-60-64-68-72-76-80-84-90(95)89(88-94)93-91(96)85-81-77-73-69-65-61-57-54-50-47-44-41-38-36-34-32-30-28-26-25-27-29-31-33-35-37-39-42-45-48-51-55-59-63-67-71-75-79-83-87-98-92(97)86-82-78-74-70-66-62-58-52-20-18-16-14-12-10-8-6-4-2/h12,14,18,20,25-26,29,31,89-90,94-95H,3-11,13,15-17,19,21-24,27-28,30,32-88H2,1-2H3,(H,93,96)/b14-12-,20-18-,26-25-,31-29-. The SMILES string of the molecule is CCCCC/C=C\C/C=C\CCCCCCCCCC(=O)OCCCCCCCCCCCCCCCCC/C=C\C/C=C\CCCCCCCCCCCCCCCCCCCC(=O)NC(CO)C(O)CCCCCCCCCCCCCCCCCCCCCCCCCCC. The first-order valence-corrected chi connectivity index (χ1v) is 44.9. The maximum absolute atomic E-state index is 12.6. The Labute approximate surface area is 614 Å². The molecule has 0 radical (unpaired) electrons. The van der Waals surface area contributed by atoms with Gasteiger partial charge in [-0.25, -0.2) is 0 Å². The summed E-state index contributed by atoms with van der Waals surface area (Å²) in [6, 6.07) is -0.541. The van der Waals surface area contributed by atoms with Crippen molar-refractivity contribution >= 4 is 11.9 Å². The van der Waals surface area contributed by atoms with E-state index in [1.807, 2.05) is 0 Å². The molecule has 0 spiro atoms. The summed E-state index contributed by atoms with van der Waals surface area (Å²) in [6.45, 7) is 4.98. The Bertz CT molecular complexity index is 1640. The number of amides is 1. The third kappa shape index (κ3) is 82.8. The summed E-state index contributed by atoms with van der Waals surface area (Å²) < 4.78 is 5.51. The summed E-state index contributed by atoms with van der Waals surface area (Å²) in [6.07, 6.45) is 117. The second kappa shape index (κ2) is 87.2. The van der Waals surface area contributed by atoms with Crippen molar-refractivity contribution < 1.29 is 24.5 Å². The van der Waals surface area contributed by atoms with Gasteiger partial charge in [0.2, 0.25) is 5.91 Å². The summed E-state index contributed by atoms with van der Waals surface area (Å²) in [5.41, 5.74) is 0. The number of aliphatic hydroxyl groups excluding tert-OH is 2. The number of rotatable bonds is 85. The minimum atomic E-state index is -0.664. The van der Waals surface area contributed by atoms with Crippen molar-refractivity contribution in [1.82, 2.24) is 5.32 Å². The molecule has 0 aliphatic rings. The Hall–Kier alpha value is -2.18. The molecule has 0 saturated carbocycles. The van der Waals surface area contributed by atoms with E-state index in [9.17, 15) is 19.8 Å². The van der Waals surface area contributed by atoms with E-state index >= 15 is 0 Å². The van der Waals surface area contributed by atoms with Crippen molar-refractivity contribution in [1.29, 1.82) is 0 Å². The van der Waals surface area contributed by atoms with Gasteiger partial charge in [-0.2, -0.15) is 0 Å². The number of allylic oxidation sites excluding steroid dienone is 8. The predicted octanol–water partition coefficient (Wildman–Crippen LogP) is 30.3. The molecule has 0 saturated heterocycles. The third-order valence-electron chi connectivity index (χ3n) is 21.1. The van der Waals surface area contributed by atoms with Crippen LogP contribution in [0.4, 0.5) is 0 Å². The molecule has 1 amide bonds. The molecule has 2 atom stereocenters. The van der Waals surface area contributed by atoms with Crippen LogP contribution in [-0.2, 0) is 14.3 Å². The summed E-state index contributed by atoms with van der Waals surface area (Å²) in [5, 5.41) is 23.5. The van der Waals surface area contributed by atoms with E-state index in [1.165, 1.54) is 411 Å². The van der Waals surface area contributed by atoms with E-state index < -0.39 is 12.1 Å². The number of ether oxygens (including phenoxy) is 1. The second-order valence-electron chi connectivity index (χ2n) is 30.9. The maximum Gasteiger partial charge on any atom is 0.305 e. The fourth-order valence-corrected chi connectivity index (χ4v) is 14.3. The number of esters is 1. The fraction of sp³-hybridized carbons (Fsp3) is 0.891. The highest BCUT2D eigenvalue weighted by Crippen LogP contribution is 2.21. The van der Waals surface area contributed by atoms with Gasteiger partial charge in [0.15, 0.2) is 0 Å². The molecule has 0 bridgehead atoms. The lowest BCUT2D eigenvalue weighted by Gasteiger charge is -2.22. The lowest BCUT2D eigenvalue weighted by atomic mass is 10.0. The lowest BCUT2D eigenvalue weighted by molar-refractivity contribution is -0.143. The Balaban J connectivity index is 3.36. The predicted molar refractivity (Wildman–Crippen MR) is 435 cm³/mol. The number of unbranched alkanes of at least 4 members (excludes halogenated alkanes) is 66. The topological polar surface area (TPSA) is 95.9 Å². The molecule has 2 unspecified atom stereocenters. The van der Waals surface area contributed by atoms with Crippen molar-refractivity contribution in [2.75, 3.05) is 13.2 Å². The van der Waals surface area contributed by atoms with E-state index in [2.05, 4.69) is 67.8 Å². The van der Waals surface area contributed by atoms with Gasteiger partial charge in [-0.3, -0.25) is 9.59 Å². The van der Waals surface area contributed by atoms with Crippen molar-refractivity contribution in [3.8, 4) is 0 Å². The molecule has 0 aliphatic heterocycles. The molecule has 6 nitrogen and oxygen atoms in total. The van der Waals surface area contributed by atoms with Crippen molar-refractivity contribution in [3.63, 3.8) is 0 Å². The molecule has 6 heteroatoms. The second-order valence-corrected chi connectivity index (χ2v) is 30.9. The van der Waals surface area contributed by atoms with Gasteiger partial charge in [-0.1, -0.05) is 448 Å². The van der Waals surface area contributed by atoms with E-state index in [0.717, 1.165) is 57.8 Å². The van der Waals surface area contributed by atoms with Crippen LogP contribution >= 0.6 is 0 Å². The average molecular weight is 1380 g/mol. The highest BCUT2D eigenvalue weighted by molar-refractivity contribution is 5.76. The fourth-order valence-electron chi connectivity index (χ4n) is 14.3. The number of aliphatic hydroxyl groups is 2. The largest absolute Gasteiger partial charge is 0.466 e. The van der Waals surface area contributed by atoms with Gasteiger partial charge >= 0.3 is 5.97 Å². The molecule has 0 rings (SSSR count). The minimum Gasteiger partial charge on any atom is -0.466 e. The highest BCUT2D eigenvalue weighted by Gasteiger charge is 2.20. The Morgan fingerprint density at radius 3 is 0.796 bits per heavy atom. The van der Waals surface area contributed by atoms with E-state index in [1.54, 1.807) is 0 Å². The summed E-state index contributed by atoms with van der Waals surface area (Å²) >= 11 is 0. The van der Waals surface area contributed by atoms with Crippen LogP contribution in [0, 0.1) is 0 Å². The molecule has 578 valence electrons. The minimum absolute atomic E-state index is 0.0133. The molecular weight excluding hydrogens is 1200 g/mol. The van der Waals surface area contributed by atoms with Gasteiger partial charge in [-0.05, 0) is 89.9 Å². The first-order valence-electron chi connectivity index (χ1n) is 44.9. The molecule has 98 heavy (non-hydrogen) atoms. The van der Waals surface area contributed by atoms with Gasteiger partial charge in [0, 0.05) is 12.8 Å². The molecule has 0 fully saturated rings. The van der Waals surface area contributed by atoms with Crippen LogP contribution in [0.5, 0.6) is 0 Å². The van der Waals surface area contributed by atoms with E-state index in [0.29, 0.717) is 25.9 Å². The average Bonchev–Trinajstić information content (AvgIpc) is 1.73. The quantitative estimate of drug-likeness (QED) is 0.0320. The van der Waals surface area contributed by atoms with Crippen LogP contribution in [0.15, 0.2) is 48.6 Å². The zero-order valence-corrected chi connectivity index (χ0v) is 66.5. The van der Waals surface area contributed by atoms with Crippen molar-refractivity contribution in [3.05, 3.63) is 48.6 Å². The number of nitrogens with one attached hydrogen (secondary N) is 1. The zero-order valence-electron chi connectivity index (χ0n) is 66.5. The van der Waals surface area contributed by atoms with Crippen LogP contribution in [0.25, 0.3) is 0 Å². The lowest BCUT2D eigenvalue weighted by Crippen LogP contribution is -2.45. The molecule has 0 aromatic heterocycles. The Morgan fingerprint density at radius 1 is 0.286 bits per heavy atom. The first-order chi connectivity index (χ1) is 48.5. The first kappa shape index (κ1) is 95.8. The molecule has 3 N–H and O–H groups in total. The molecular formula is C92H175NO5. The zero-order chi connectivity index (χ0) is 70.5. The van der Waals surface area contributed by atoms with Crippen LogP contribution in [0.2, 0.25) is 0 Å². The third-order valence-corrected chi connectivity index (χ3v) is 21.1. The van der Waals surface area contributed by atoms with Gasteiger partial charge in [-0.15, -0.1) is 0 Å². The highest BCUT2D eigenvalue weighted by atomic mass is 16.5. The van der Waals surface area contributed by atoms with Crippen LogP contribution in [-0.4, -0.2) is 47.4 Å². The maximum atomic E-state index is 12.6. The van der Waals surface area contributed by atoms with Crippen molar-refractivity contribution in [2.45, 2.75) is 514 Å². The smallest absolute Gasteiger partial charge is 0.305 e. The van der Waals surface area contributed by atoms with Gasteiger partial charge in [0.05, 0.1) is 25.4 Å². The molecule has 0 aliphatic carbocycles. The Kier molecular flexibility index (Phi) is 85.3. The van der Waals surface area contributed by atoms with Crippen LogP contribution < -0.4 is 5.32 Å². The summed E-state index contributed by atoms with van der Waals surface area (Å²) in [5.74, 6) is -0.0126. The number of hydrogen-bond acceptors (Lipinski definition) is 5. The van der Waals surface area contributed by atoms with Crippen molar-refractivity contribution in [2.24, 2.45) is 0 Å². The summed E-state index contributed by atoms with van der Waals surface area (Å²) in [7, 11) is 0. The number of carbonyl (C=O) groups is 2. The molecule has 0 aromatic carbocycles. The van der Waals surface area contributed by atoms with Gasteiger partial charge in [0.1, 0.15) is 0 Å². The normalized spacial score (nSPS) is 12.7. The van der Waals surface area contributed by atoms with Gasteiger partial charge < -0.3 is 20.3 Å². The van der Waals surface area contributed by atoms with Crippen LogP contribution in [0.1, 0.15) is 502 Å². The van der Waals surface area contributed by atoms with Crippen LogP contribution in [0.3, 0.4) is 0 Å². The molecule has 0 aromatic rings. The summed E-state index contributed by atoms with van der Waals surface area (Å²) in [4.78, 5) is 24.7.